The summed E-state index contributed by atoms with van der Waals surface area (Å²) >= 11 is 0. The maximum absolute atomic E-state index is 11.3. The van der Waals surface area contributed by atoms with Gasteiger partial charge in [0.05, 0.1) is 5.69 Å². The Morgan fingerprint density at radius 2 is 2.00 bits per heavy atom. The molecule has 2 rings (SSSR count). The van der Waals surface area contributed by atoms with Gasteiger partial charge in [-0.05, 0) is 25.5 Å². The van der Waals surface area contributed by atoms with E-state index >= 15 is 0 Å². The zero-order chi connectivity index (χ0) is 14.5. The highest BCUT2D eigenvalue weighted by Crippen LogP contribution is 2.22. The molecule has 0 unspecified atom stereocenters. The van der Waals surface area contributed by atoms with E-state index in [1.165, 1.54) is 6.20 Å². The summed E-state index contributed by atoms with van der Waals surface area (Å²) in [5, 5.41) is 9.30. The smallest absolute Gasteiger partial charge is 0.339 e. The molecule has 0 atom stereocenters. The van der Waals surface area contributed by atoms with E-state index in [-0.39, 0.29) is 5.56 Å². The Balaban J connectivity index is 2.36. The minimum absolute atomic E-state index is 0.244. The van der Waals surface area contributed by atoms with Gasteiger partial charge < -0.3 is 10.0 Å². The highest BCUT2D eigenvalue weighted by molar-refractivity contribution is 5.94. The first-order valence-electron chi connectivity index (χ1n) is 6.60. The lowest BCUT2D eigenvalue weighted by molar-refractivity contribution is 0.0697. The number of hydrogen-bond donors (Lipinski definition) is 1. The summed E-state index contributed by atoms with van der Waals surface area (Å²) < 4.78 is 0. The Morgan fingerprint density at radius 1 is 1.30 bits per heavy atom. The van der Waals surface area contributed by atoms with Crippen LogP contribution in [-0.2, 0) is 6.54 Å². The second kappa shape index (κ2) is 6.19. The predicted molar refractivity (Wildman–Crippen MR) is 79.1 cm³/mol. The van der Waals surface area contributed by atoms with Gasteiger partial charge in [-0.15, -0.1) is 0 Å². The molecule has 4 nitrogen and oxygen atoms in total. The maximum atomic E-state index is 11.3. The van der Waals surface area contributed by atoms with E-state index in [2.05, 4.69) is 4.98 Å². The van der Waals surface area contributed by atoms with Gasteiger partial charge in [-0.3, -0.25) is 4.98 Å². The summed E-state index contributed by atoms with van der Waals surface area (Å²) in [5.74, 6) is -0.945. The second-order valence-corrected chi connectivity index (χ2v) is 4.65. The van der Waals surface area contributed by atoms with Gasteiger partial charge in [0, 0.05) is 25.0 Å². The van der Waals surface area contributed by atoms with Crippen LogP contribution in [-0.4, -0.2) is 22.6 Å². The van der Waals surface area contributed by atoms with Crippen molar-refractivity contribution in [2.24, 2.45) is 0 Å². The molecule has 0 fully saturated rings. The molecule has 0 spiro atoms. The van der Waals surface area contributed by atoms with Crippen molar-refractivity contribution in [2.75, 3.05) is 11.4 Å². The minimum Gasteiger partial charge on any atom is -0.478 e. The molecule has 0 radical (unpaired) electrons. The highest BCUT2D eigenvalue weighted by Gasteiger charge is 2.16. The number of anilines is 1. The molecule has 0 saturated heterocycles. The Hall–Kier alpha value is -2.36. The van der Waals surface area contributed by atoms with Gasteiger partial charge in [-0.25, -0.2) is 4.79 Å². The van der Waals surface area contributed by atoms with Crippen LogP contribution in [0.1, 0.15) is 28.5 Å². The standard InChI is InChI=1S/C16H18N2O2/c1-3-18(11-13-7-5-4-6-8-13)15-9-12(2)17-10-14(15)16(19)20/h4-10H,3,11H2,1-2H3,(H,19,20). The molecular weight excluding hydrogens is 252 g/mol. The molecule has 0 aliphatic rings. The van der Waals surface area contributed by atoms with Crippen LogP contribution in [0.15, 0.2) is 42.6 Å². The third-order valence-electron chi connectivity index (χ3n) is 3.19. The van der Waals surface area contributed by atoms with Crippen LogP contribution in [0.2, 0.25) is 0 Å². The van der Waals surface area contributed by atoms with Gasteiger partial charge in [0.15, 0.2) is 0 Å². The quantitative estimate of drug-likeness (QED) is 0.907. The molecule has 20 heavy (non-hydrogen) atoms. The van der Waals surface area contributed by atoms with Crippen LogP contribution in [0, 0.1) is 6.92 Å². The zero-order valence-electron chi connectivity index (χ0n) is 11.7. The number of carboxylic acid groups (broad SMARTS) is 1. The van der Waals surface area contributed by atoms with Crippen LogP contribution in [0.3, 0.4) is 0 Å². The van der Waals surface area contributed by atoms with E-state index in [4.69, 9.17) is 0 Å². The number of aromatic nitrogens is 1. The average Bonchev–Trinajstić information content (AvgIpc) is 2.45. The largest absolute Gasteiger partial charge is 0.478 e. The van der Waals surface area contributed by atoms with Crippen molar-refractivity contribution >= 4 is 11.7 Å². The van der Waals surface area contributed by atoms with E-state index in [0.717, 1.165) is 23.5 Å². The lowest BCUT2D eigenvalue weighted by Gasteiger charge is -2.25. The molecule has 104 valence electrons. The van der Waals surface area contributed by atoms with Gasteiger partial charge in [0.2, 0.25) is 0 Å². The average molecular weight is 270 g/mol. The van der Waals surface area contributed by atoms with Gasteiger partial charge >= 0.3 is 5.97 Å². The number of carbonyl (C=O) groups is 1. The SMILES string of the molecule is CCN(Cc1ccccc1)c1cc(C)ncc1C(=O)O. The molecular formula is C16H18N2O2. The molecule has 0 saturated carbocycles. The van der Waals surface area contributed by atoms with Crippen molar-refractivity contribution in [3.8, 4) is 0 Å². The molecule has 1 aromatic carbocycles. The second-order valence-electron chi connectivity index (χ2n) is 4.65. The number of nitrogens with zero attached hydrogens (tertiary/aromatic N) is 2. The molecule has 2 aromatic rings. The van der Waals surface area contributed by atoms with Crippen molar-refractivity contribution in [3.63, 3.8) is 0 Å². The normalized spacial score (nSPS) is 10.3. The van der Waals surface area contributed by atoms with Crippen molar-refractivity contribution in [3.05, 3.63) is 59.4 Å². The fourth-order valence-electron chi connectivity index (χ4n) is 2.14. The summed E-state index contributed by atoms with van der Waals surface area (Å²) in [6.45, 7) is 5.30. The monoisotopic (exact) mass is 270 g/mol. The predicted octanol–water partition coefficient (Wildman–Crippen LogP) is 3.11. The molecule has 0 aliphatic carbocycles. The third kappa shape index (κ3) is 3.15. The maximum Gasteiger partial charge on any atom is 0.339 e. The van der Waals surface area contributed by atoms with Crippen molar-refractivity contribution in [1.29, 1.82) is 0 Å². The number of pyridine rings is 1. The fraction of sp³-hybridized carbons (Fsp3) is 0.250. The Morgan fingerprint density at radius 3 is 2.60 bits per heavy atom. The fourth-order valence-corrected chi connectivity index (χ4v) is 2.14. The van der Waals surface area contributed by atoms with E-state index < -0.39 is 5.97 Å². The van der Waals surface area contributed by atoms with E-state index in [9.17, 15) is 9.90 Å². The first-order chi connectivity index (χ1) is 9.61. The van der Waals surface area contributed by atoms with Gasteiger partial charge in [-0.1, -0.05) is 30.3 Å². The Bertz CT molecular complexity index is 597. The van der Waals surface area contributed by atoms with Gasteiger partial charge in [0.1, 0.15) is 5.56 Å². The molecule has 0 aliphatic heterocycles. The number of benzene rings is 1. The summed E-state index contributed by atoms with van der Waals surface area (Å²) in [5.41, 5.74) is 2.93. The molecule has 0 bridgehead atoms. The third-order valence-corrected chi connectivity index (χ3v) is 3.19. The number of aromatic carboxylic acids is 1. The van der Waals surface area contributed by atoms with Crippen LogP contribution >= 0.6 is 0 Å². The Labute approximate surface area is 118 Å². The highest BCUT2D eigenvalue weighted by atomic mass is 16.4. The topological polar surface area (TPSA) is 53.4 Å². The van der Waals surface area contributed by atoms with Crippen LogP contribution in [0.5, 0.6) is 0 Å². The molecule has 1 aromatic heterocycles. The van der Waals surface area contributed by atoms with E-state index in [1.807, 2.05) is 55.1 Å². The molecule has 4 heteroatoms. The molecule has 0 amide bonds. The van der Waals surface area contributed by atoms with E-state index in [0.29, 0.717) is 6.54 Å². The first-order valence-corrected chi connectivity index (χ1v) is 6.60. The number of hydrogen-bond acceptors (Lipinski definition) is 3. The van der Waals surface area contributed by atoms with Crippen molar-refractivity contribution in [1.82, 2.24) is 4.98 Å². The van der Waals surface area contributed by atoms with Gasteiger partial charge in [0.25, 0.3) is 0 Å². The number of rotatable bonds is 5. The van der Waals surface area contributed by atoms with Crippen LogP contribution in [0.25, 0.3) is 0 Å². The minimum atomic E-state index is -0.945. The van der Waals surface area contributed by atoms with E-state index in [1.54, 1.807) is 0 Å². The van der Waals surface area contributed by atoms with Crippen LogP contribution < -0.4 is 4.90 Å². The van der Waals surface area contributed by atoms with Crippen molar-refractivity contribution in [2.45, 2.75) is 20.4 Å². The summed E-state index contributed by atoms with van der Waals surface area (Å²) in [6.07, 6.45) is 1.43. The lowest BCUT2D eigenvalue weighted by atomic mass is 10.1. The van der Waals surface area contributed by atoms with Crippen molar-refractivity contribution < 1.29 is 9.90 Å². The van der Waals surface area contributed by atoms with Crippen LogP contribution in [0.4, 0.5) is 5.69 Å². The summed E-state index contributed by atoms with van der Waals surface area (Å²) in [4.78, 5) is 17.5. The number of carboxylic acids is 1. The Kier molecular flexibility index (Phi) is 4.35. The number of aryl methyl sites for hydroxylation is 1. The molecule has 1 N–H and O–H groups in total. The summed E-state index contributed by atoms with van der Waals surface area (Å²) in [7, 11) is 0. The summed E-state index contributed by atoms with van der Waals surface area (Å²) in [6, 6.07) is 11.8. The first kappa shape index (κ1) is 14.1. The van der Waals surface area contributed by atoms with Gasteiger partial charge in [-0.2, -0.15) is 0 Å². The molecule has 1 heterocycles. The lowest BCUT2D eigenvalue weighted by Crippen LogP contribution is -2.24. The zero-order valence-corrected chi connectivity index (χ0v) is 11.7.